The minimum atomic E-state index is -0.838. The van der Waals surface area contributed by atoms with Gasteiger partial charge in [0, 0.05) is 6.04 Å². The third-order valence-electron chi connectivity index (χ3n) is 4.33. The molecule has 0 bridgehead atoms. The van der Waals surface area contributed by atoms with Crippen molar-refractivity contribution in [3.63, 3.8) is 0 Å². The molecule has 0 unspecified atom stereocenters. The molecule has 1 aromatic rings. The van der Waals surface area contributed by atoms with Crippen molar-refractivity contribution in [2.45, 2.75) is 65.5 Å². The molecule has 0 aliphatic heterocycles. The second kappa shape index (κ2) is 6.94. The van der Waals surface area contributed by atoms with Crippen LogP contribution in [0.4, 0.5) is 0 Å². The van der Waals surface area contributed by atoms with Gasteiger partial charge in [-0.1, -0.05) is 24.9 Å². The molecule has 1 amide bonds. The van der Waals surface area contributed by atoms with Crippen molar-refractivity contribution < 1.29 is 18.8 Å². The normalized spacial score (nSPS) is 22.9. The average Bonchev–Trinajstić information content (AvgIpc) is 2.80. The molecule has 0 spiro atoms. The van der Waals surface area contributed by atoms with Gasteiger partial charge in [-0.3, -0.25) is 4.79 Å². The molecule has 1 saturated carbocycles. The van der Waals surface area contributed by atoms with Crippen LogP contribution in [0.2, 0.25) is 0 Å². The van der Waals surface area contributed by atoms with E-state index in [0.29, 0.717) is 22.9 Å². The predicted octanol–water partition coefficient (Wildman–Crippen LogP) is 2.53. The van der Waals surface area contributed by atoms with Gasteiger partial charge in [-0.25, -0.2) is 4.79 Å². The number of hydrogen-bond acceptors (Lipinski definition) is 5. The maximum atomic E-state index is 12.2. The third-order valence-corrected chi connectivity index (χ3v) is 4.33. The number of ether oxygens (including phenoxy) is 1. The minimum Gasteiger partial charge on any atom is -0.449 e. The summed E-state index contributed by atoms with van der Waals surface area (Å²) in [6.45, 7) is 7.04. The molecule has 1 N–H and O–H groups in total. The van der Waals surface area contributed by atoms with Crippen molar-refractivity contribution in [2.24, 2.45) is 5.92 Å². The number of aryl methyl sites for hydroxylation is 2. The summed E-state index contributed by atoms with van der Waals surface area (Å²) in [4.78, 5) is 24.3. The van der Waals surface area contributed by atoms with E-state index in [1.165, 1.54) is 6.42 Å². The van der Waals surface area contributed by atoms with E-state index in [1.54, 1.807) is 20.8 Å². The molecule has 1 fully saturated rings. The zero-order chi connectivity index (χ0) is 16.3. The van der Waals surface area contributed by atoms with Crippen LogP contribution in [0.15, 0.2) is 4.52 Å². The Morgan fingerprint density at radius 3 is 2.59 bits per heavy atom. The van der Waals surface area contributed by atoms with E-state index in [4.69, 9.17) is 9.26 Å². The van der Waals surface area contributed by atoms with E-state index in [-0.39, 0.29) is 11.9 Å². The molecule has 1 heterocycles. The fourth-order valence-electron chi connectivity index (χ4n) is 2.88. The first-order valence-electron chi connectivity index (χ1n) is 7.84. The number of amides is 1. The number of hydrogen-bond donors (Lipinski definition) is 1. The highest BCUT2D eigenvalue weighted by molar-refractivity contribution is 5.93. The maximum absolute atomic E-state index is 12.2. The first kappa shape index (κ1) is 16.5. The molecule has 0 saturated heterocycles. The Labute approximate surface area is 130 Å². The summed E-state index contributed by atoms with van der Waals surface area (Å²) in [5, 5.41) is 6.71. The van der Waals surface area contributed by atoms with E-state index in [1.807, 2.05) is 0 Å². The Balaban J connectivity index is 1.92. The van der Waals surface area contributed by atoms with Crippen LogP contribution in [-0.2, 0) is 9.53 Å². The number of nitrogens with one attached hydrogen (secondary N) is 1. The lowest BCUT2D eigenvalue weighted by atomic mass is 9.86. The van der Waals surface area contributed by atoms with E-state index < -0.39 is 12.1 Å². The molecule has 2 rings (SSSR count). The van der Waals surface area contributed by atoms with Crippen molar-refractivity contribution in [1.82, 2.24) is 10.5 Å². The monoisotopic (exact) mass is 308 g/mol. The second-order valence-corrected chi connectivity index (χ2v) is 6.12. The maximum Gasteiger partial charge on any atom is 0.344 e. The Morgan fingerprint density at radius 1 is 1.32 bits per heavy atom. The number of aromatic nitrogens is 1. The molecule has 1 aliphatic carbocycles. The van der Waals surface area contributed by atoms with Crippen molar-refractivity contribution in [3.8, 4) is 0 Å². The van der Waals surface area contributed by atoms with Gasteiger partial charge in [0.2, 0.25) is 0 Å². The average molecular weight is 308 g/mol. The van der Waals surface area contributed by atoms with Gasteiger partial charge in [0.15, 0.2) is 6.10 Å². The Bertz CT molecular complexity index is 533. The van der Waals surface area contributed by atoms with Crippen molar-refractivity contribution >= 4 is 11.9 Å². The minimum absolute atomic E-state index is 0.168. The van der Waals surface area contributed by atoms with Gasteiger partial charge in [0.1, 0.15) is 11.3 Å². The fourth-order valence-corrected chi connectivity index (χ4v) is 2.88. The molecular weight excluding hydrogens is 284 g/mol. The molecule has 0 aromatic carbocycles. The van der Waals surface area contributed by atoms with Gasteiger partial charge in [-0.05, 0) is 39.5 Å². The van der Waals surface area contributed by atoms with Gasteiger partial charge in [0.05, 0.1) is 5.69 Å². The van der Waals surface area contributed by atoms with Crippen LogP contribution in [-0.4, -0.2) is 29.2 Å². The quantitative estimate of drug-likeness (QED) is 0.864. The van der Waals surface area contributed by atoms with Crippen molar-refractivity contribution in [1.29, 1.82) is 0 Å². The summed E-state index contributed by atoms with van der Waals surface area (Å²) in [7, 11) is 0. The van der Waals surface area contributed by atoms with Gasteiger partial charge in [-0.15, -0.1) is 0 Å². The molecule has 22 heavy (non-hydrogen) atoms. The van der Waals surface area contributed by atoms with E-state index in [2.05, 4.69) is 17.4 Å². The SMILES string of the molecule is Cc1noc(C)c1C(=O)O[C@H](C)C(=O)N[C@@H]1CCCC[C@H]1C. The van der Waals surface area contributed by atoms with Gasteiger partial charge >= 0.3 is 5.97 Å². The molecule has 6 heteroatoms. The summed E-state index contributed by atoms with van der Waals surface area (Å²) in [6, 6.07) is 0.168. The van der Waals surface area contributed by atoms with Crippen molar-refractivity contribution in [2.75, 3.05) is 0 Å². The van der Waals surface area contributed by atoms with Gasteiger partial charge in [-0.2, -0.15) is 0 Å². The zero-order valence-electron chi connectivity index (χ0n) is 13.6. The van der Waals surface area contributed by atoms with Crippen LogP contribution in [0.3, 0.4) is 0 Å². The summed E-state index contributed by atoms with van der Waals surface area (Å²) in [6.07, 6.45) is 3.61. The summed E-state index contributed by atoms with van der Waals surface area (Å²) in [5.41, 5.74) is 0.765. The Morgan fingerprint density at radius 2 is 2.00 bits per heavy atom. The number of carbonyl (C=O) groups excluding carboxylic acids is 2. The predicted molar refractivity (Wildman–Crippen MR) is 80.4 cm³/mol. The number of rotatable bonds is 4. The smallest absolute Gasteiger partial charge is 0.344 e. The highest BCUT2D eigenvalue weighted by Gasteiger charge is 2.28. The van der Waals surface area contributed by atoms with Crippen LogP contribution in [0.1, 0.15) is 61.3 Å². The molecule has 3 atom stereocenters. The standard InChI is InChI=1S/C16H24N2O4/c1-9-7-5-6-8-13(9)17-15(19)12(4)21-16(20)14-10(2)18-22-11(14)3/h9,12-13H,5-8H2,1-4H3,(H,17,19)/t9-,12-,13-/m1/s1. The van der Waals surface area contributed by atoms with E-state index in [9.17, 15) is 9.59 Å². The Kier molecular flexibility index (Phi) is 5.21. The van der Waals surface area contributed by atoms with Crippen molar-refractivity contribution in [3.05, 3.63) is 17.0 Å². The molecule has 1 aromatic heterocycles. The topological polar surface area (TPSA) is 81.4 Å². The highest BCUT2D eigenvalue weighted by Crippen LogP contribution is 2.24. The van der Waals surface area contributed by atoms with E-state index >= 15 is 0 Å². The number of esters is 1. The summed E-state index contributed by atoms with van der Waals surface area (Å²) in [5.74, 6) is 0.0358. The Hall–Kier alpha value is -1.85. The lowest BCUT2D eigenvalue weighted by molar-refractivity contribution is -0.130. The number of nitrogens with zero attached hydrogens (tertiary/aromatic N) is 1. The second-order valence-electron chi connectivity index (χ2n) is 6.12. The van der Waals surface area contributed by atoms with Crippen LogP contribution >= 0.6 is 0 Å². The molecular formula is C16H24N2O4. The van der Waals surface area contributed by atoms with Gasteiger partial charge < -0.3 is 14.6 Å². The molecule has 1 aliphatic rings. The zero-order valence-corrected chi connectivity index (χ0v) is 13.6. The number of carbonyl (C=O) groups is 2. The van der Waals surface area contributed by atoms with E-state index in [0.717, 1.165) is 19.3 Å². The van der Waals surface area contributed by atoms with Crippen LogP contribution in [0.25, 0.3) is 0 Å². The van der Waals surface area contributed by atoms with Crippen LogP contribution in [0.5, 0.6) is 0 Å². The molecule has 0 radical (unpaired) electrons. The molecule has 122 valence electrons. The lowest BCUT2D eigenvalue weighted by Crippen LogP contribution is -2.46. The fraction of sp³-hybridized carbons (Fsp3) is 0.688. The third kappa shape index (κ3) is 3.67. The molecule has 6 nitrogen and oxygen atoms in total. The lowest BCUT2D eigenvalue weighted by Gasteiger charge is -2.30. The largest absolute Gasteiger partial charge is 0.449 e. The van der Waals surface area contributed by atoms with Crippen LogP contribution < -0.4 is 5.32 Å². The summed E-state index contributed by atoms with van der Waals surface area (Å²) < 4.78 is 10.2. The first-order chi connectivity index (χ1) is 10.4. The van der Waals surface area contributed by atoms with Gasteiger partial charge in [0.25, 0.3) is 5.91 Å². The first-order valence-corrected chi connectivity index (χ1v) is 7.84. The van der Waals surface area contributed by atoms with Crippen LogP contribution in [0, 0.1) is 19.8 Å². The highest BCUT2D eigenvalue weighted by atomic mass is 16.5. The summed E-state index contributed by atoms with van der Waals surface area (Å²) >= 11 is 0.